The number of phenolic OH excluding ortho intramolecular Hbond substituents is 1. The third kappa shape index (κ3) is 4.13. The molecule has 0 unspecified atom stereocenters. The molecule has 0 heterocycles. The predicted molar refractivity (Wildman–Crippen MR) is 72.1 cm³/mol. The Kier molecular flexibility index (Phi) is 4.63. The number of amides is 1. The summed E-state index contributed by atoms with van der Waals surface area (Å²) >= 11 is 0. The van der Waals surface area contributed by atoms with Crippen molar-refractivity contribution < 1.29 is 14.6 Å². The van der Waals surface area contributed by atoms with E-state index in [1.165, 1.54) is 0 Å². The fraction of sp³-hybridized carbons (Fsp3) is 0.500. The Morgan fingerprint density at radius 3 is 2.84 bits per heavy atom. The van der Waals surface area contributed by atoms with Crippen LogP contribution in [0.4, 0.5) is 0 Å². The van der Waals surface area contributed by atoms with E-state index in [1.807, 2.05) is 12.1 Å². The summed E-state index contributed by atoms with van der Waals surface area (Å²) in [7, 11) is 1.56. The predicted octanol–water partition coefficient (Wildman–Crippen LogP) is 1.02. The normalized spacial score (nSPS) is 14.2. The van der Waals surface area contributed by atoms with Crippen LogP contribution in [0.15, 0.2) is 18.2 Å². The lowest BCUT2D eigenvalue weighted by Gasteiger charge is -2.09. The maximum atomic E-state index is 11.4. The Morgan fingerprint density at radius 1 is 1.42 bits per heavy atom. The minimum Gasteiger partial charge on any atom is -0.507 e. The average Bonchev–Trinajstić information content (AvgIpc) is 3.24. The van der Waals surface area contributed by atoms with Crippen LogP contribution in [0.1, 0.15) is 18.4 Å². The van der Waals surface area contributed by atoms with Crippen molar-refractivity contribution >= 4 is 5.91 Å². The van der Waals surface area contributed by atoms with E-state index >= 15 is 0 Å². The highest BCUT2D eigenvalue weighted by Gasteiger charge is 2.28. The molecule has 1 aromatic carbocycles. The van der Waals surface area contributed by atoms with Crippen molar-refractivity contribution in [3.05, 3.63) is 23.8 Å². The number of benzene rings is 1. The second-order valence-electron chi connectivity index (χ2n) is 4.74. The first kappa shape index (κ1) is 13.7. The van der Waals surface area contributed by atoms with E-state index in [9.17, 15) is 9.90 Å². The van der Waals surface area contributed by atoms with Gasteiger partial charge in [-0.15, -0.1) is 0 Å². The lowest BCUT2D eigenvalue weighted by atomic mass is 10.2. The minimum atomic E-state index is 0.161. The number of rotatable bonds is 7. The van der Waals surface area contributed by atoms with Gasteiger partial charge in [0, 0.05) is 37.2 Å². The molecule has 1 aliphatic carbocycles. The molecule has 19 heavy (non-hydrogen) atoms. The number of methoxy groups -OCH3 is 1. The van der Waals surface area contributed by atoms with E-state index < -0.39 is 0 Å². The Hall–Kier alpha value is -1.75. The summed E-state index contributed by atoms with van der Waals surface area (Å²) in [5.41, 5.74) is 0.814. The van der Waals surface area contributed by atoms with Gasteiger partial charge in [0.15, 0.2) is 0 Å². The number of nitrogens with one attached hydrogen (secondary N) is 2. The molecule has 0 spiro atoms. The highest BCUT2D eigenvalue weighted by Crippen LogP contribution is 2.28. The van der Waals surface area contributed by atoms with E-state index in [1.54, 1.807) is 13.2 Å². The van der Waals surface area contributed by atoms with Crippen molar-refractivity contribution in [1.82, 2.24) is 10.6 Å². The average molecular weight is 264 g/mol. The van der Waals surface area contributed by atoms with Gasteiger partial charge in [-0.3, -0.25) is 4.79 Å². The number of hydrogen-bond donors (Lipinski definition) is 3. The van der Waals surface area contributed by atoms with Gasteiger partial charge in [-0.25, -0.2) is 0 Å². The Balaban J connectivity index is 1.66. The van der Waals surface area contributed by atoms with Crippen LogP contribution >= 0.6 is 0 Å². The Labute approximate surface area is 113 Å². The van der Waals surface area contributed by atoms with Gasteiger partial charge in [-0.2, -0.15) is 0 Å². The zero-order chi connectivity index (χ0) is 13.7. The zero-order valence-corrected chi connectivity index (χ0v) is 11.1. The maximum absolute atomic E-state index is 11.4. The molecule has 0 atom stereocenters. The number of phenols is 1. The maximum Gasteiger partial charge on any atom is 0.223 e. The molecular formula is C14H20N2O3. The molecular weight excluding hydrogens is 244 g/mol. The first-order valence-electron chi connectivity index (χ1n) is 6.55. The van der Waals surface area contributed by atoms with E-state index in [4.69, 9.17) is 4.74 Å². The van der Waals surface area contributed by atoms with Crippen LogP contribution < -0.4 is 15.4 Å². The molecule has 0 aliphatic heterocycles. The van der Waals surface area contributed by atoms with Crippen molar-refractivity contribution in [3.8, 4) is 11.5 Å². The molecule has 2 rings (SSSR count). The van der Waals surface area contributed by atoms with E-state index in [0.717, 1.165) is 18.4 Å². The Bertz CT molecular complexity index is 444. The monoisotopic (exact) mass is 264 g/mol. The first-order chi connectivity index (χ1) is 9.20. The standard InChI is InChI=1S/C14H20N2O3/c1-19-12-5-4-11(13(17)8-12)9-15-6-7-16-14(18)10-2-3-10/h4-5,8,10,15,17H,2-3,6-7,9H2,1H3,(H,16,18). The summed E-state index contributed by atoms with van der Waals surface area (Å²) in [4.78, 5) is 11.4. The van der Waals surface area contributed by atoms with Gasteiger partial charge in [0.25, 0.3) is 0 Å². The van der Waals surface area contributed by atoms with Crippen LogP contribution in [0, 0.1) is 5.92 Å². The lowest BCUT2D eigenvalue weighted by Crippen LogP contribution is -2.32. The number of ether oxygens (including phenoxy) is 1. The topological polar surface area (TPSA) is 70.6 Å². The van der Waals surface area contributed by atoms with E-state index in [2.05, 4.69) is 10.6 Å². The molecule has 1 aliphatic rings. The molecule has 0 saturated heterocycles. The number of aromatic hydroxyl groups is 1. The van der Waals surface area contributed by atoms with Crippen molar-refractivity contribution in [2.75, 3.05) is 20.2 Å². The van der Waals surface area contributed by atoms with Crippen molar-refractivity contribution in [2.24, 2.45) is 5.92 Å². The van der Waals surface area contributed by atoms with Crippen LogP contribution in [-0.2, 0) is 11.3 Å². The molecule has 0 radical (unpaired) electrons. The zero-order valence-electron chi connectivity index (χ0n) is 11.1. The van der Waals surface area contributed by atoms with Crippen LogP contribution in [0.3, 0.4) is 0 Å². The smallest absolute Gasteiger partial charge is 0.223 e. The second kappa shape index (κ2) is 6.43. The summed E-state index contributed by atoms with van der Waals surface area (Å²) in [6, 6.07) is 5.22. The molecule has 5 nitrogen and oxygen atoms in total. The van der Waals surface area contributed by atoms with Crippen LogP contribution in [0.25, 0.3) is 0 Å². The molecule has 5 heteroatoms. The lowest BCUT2D eigenvalue weighted by molar-refractivity contribution is -0.122. The third-order valence-corrected chi connectivity index (χ3v) is 3.16. The molecule has 104 valence electrons. The minimum absolute atomic E-state index is 0.161. The van der Waals surface area contributed by atoms with Crippen LogP contribution in [-0.4, -0.2) is 31.2 Å². The molecule has 1 amide bonds. The van der Waals surface area contributed by atoms with Gasteiger partial charge in [0.2, 0.25) is 5.91 Å². The second-order valence-corrected chi connectivity index (χ2v) is 4.74. The first-order valence-corrected chi connectivity index (χ1v) is 6.55. The highest BCUT2D eigenvalue weighted by atomic mass is 16.5. The molecule has 0 bridgehead atoms. The number of carbonyl (C=O) groups excluding carboxylic acids is 1. The van der Waals surface area contributed by atoms with Gasteiger partial charge < -0.3 is 20.5 Å². The Morgan fingerprint density at radius 2 is 2.21 bits per heavy atom. The van der Waals surface area contributed by atoms with Crippen molar-refractivity contribution in [2.45, 2.75) is 19.4 Å². The van der Waals surface area contributed by atoms with Crippen molar-refractivity contribution in [3.63, 3.8) is 0 Å². The summed E-state index contributed by atoms with van der Waals surface area (Å²) < 4.78 is 5.02. The van der Waals surface area contributed by atoms with Gasteiger partial charge in [-0.1, -0.05) is 6.07 Å². The summed E-state index contributed by atoms with van der Waals surface area (Å²) in [5.74, 6) is 1.27. The summed E-state index contributed by atoms with van der Waals surface area (Å²) in [5, 5.41) is 15.8. The number of hydrogen-bond acceptors (Lipinski definition) is 4. The van der Waals surface area contributed by atoms with Gasteiger partial charge in [-0.05, 0) is 18.9 Å². The SMILES string of the molecule is COc1ccc(CNCCNC(=O)C2CC2)c(O)c1. The number of carbonyl (C=O) groups is 1. The molecule has 1 fully saturated rings. The van der Waals surface area contributed by atoms with Gasteiger partial charge in [0.05, 0.1) is 7.11 Å². The van der Waals surface area contributed by atoms with Gasteiger partial charge in [0.1, 0.15) is 11.5 Å². The fourth-order valence-electron chi connectivity index (χ4n) is 1.81. The summed E-state index contributed by atoms with van der Waals surface area (Å²) in [6.45, 7) is 1.87. The summed E-state index contributed by atoms with van der Waals surface area (Å²) in [6.07, 6.45) is 2.05. The molecule has 1 saturated carbocycles. The molecule has 3 N–H and O–H groups in total. The molecule has 1 aromatic rings. The van der Waals surface area contributed by atoms with Crippen LogP contribution in [0.5, 0.6) is 11.5 Å². The largest absolute Gasteiger partial charge is 0.507 e. The molecule has 0 aromatic heterocycles. The van der Waals surface area contributed by atoms with E-state index in [0.29, 0.717) is 25.4 Å². The van der Waals surface area contributed by atoms with Crippen molar-refractivity contribution in [1.29, 1.82) is 0 Å². The quantitative estimate of drug-likeness (QED) is 0.643. The van der Waals surface area contributed by atoms with Crippen LogP contribution in [0.2, 0.25) is 0 Å². The highest BCUT2D eigenvalue weighted by molar-refractivity contribution is 5.80. The van der Waals surface area contributed by atoms with Gasteiger partial charge >= 0.3 is 0 Å². The fourth-order valence-corrected chi connectivity index (χ4v) is 1.81. The third-order valence-electron chi connectivity index (χ3n) is 3.16. The van der Waals surface area contributed by atoms with E-state index in [-0.39, 0.29) is 17.6 Å².